The second kappa shape index (κ2) is 10.7. The Hall–Kier alpha value is -5.29. The molecule has 0 unspecified atom stereocenters. The molecule has 4 heteroatoms. The summed E-state index contributed by atoms with van der Waals surface area (Å²) < 4.78 is 5.27. The molecule has 0 aliphatic carbocycles. The second-order valence-electron chi connectivity index (χ2n) is 11.2. The van der Waals surface area contributed by atoms with Crippen molar-refractivity contribution in [3.05, 3.63) is 158 Å². The largest absolute Gasteiger partial charge is 0.310 e. The van der Waals surface area contributed by atoms with Crippen LogP contribution in [0.4, 0.5) is 17.1 Å². The fourth-order valence-electron chi connectivity index (χ4n) is 6.33. The molecule has 9 aromatic rings. The molecule has 9 rings (SSSR count). The molecule has 6 aromatic carbocycles. The predicted octanol–water partition coefficient (Wildman–Crippen LogP) is 12.6. The summed E-state index contributed by atoms with van der Waals surface area (Å²) in [5.74, 6) is 0. The van der Waals surface area contributed by atoms with Gasteiger partial charge in [-0.2, -0.15) is 0 Å². The Balaban J connectivity index is 1.15. The lowest BCUT2D eigenvalue weighted by atomic mass is 10.0. The van der Waals surface area contributed by atoms with Gasteiger partial charge in [0, 0.05) is 69.2 Å². The molecular formula is C41H26N2S2. The van der Waals surface area contributed by atoms with Crippen molar-refractivity contribution in [1.29, 1.82) is 0 Å². The molecule has 0 saturated carbocycles. The molecule has 212 valence electrons. The van der Waals surface area contributed by atoms with Gasteiger partial charge in [0.25, 0.3) is 0 Å². The zero-order chi connectivity index (χ0) is 29.7. The van der Waals surface area contributed by atoms with Gasteiger partial charge in [-0.05, 0) is 90.0 Å². The maximum absolute atomic E-state index is 4.54. The van der Waals surface area contributed by atoms with Gasteiger partial charge in [0.15, 0.2) is 0 Å². The van der Waals surface area contributed by atoms with Gasteiger partial charge in [-0.1, -0.05) is 72.8 Å². The average molecular weight is 611 g/mol. The quantitative estimate of drug-likeness (QED) is 0.193. The van der Waals surface area contributed by atoms with E-state index in [1.165, 1.54) is 51.5 Å². The van der Waals surface area contributed by atoms with Gasteiger partial charge in [-0.15, -0.1) is 22.7 Å². The van der Waals surface area contributed by atoms with Gasteiger partial charge < -0.3 is 4.90 Å². The third-order valence-corrected chi connectivity index (χ3v) is 10.8. The molecule has 0 radical (unpaired) electrons. The number of thiophene rings is 2. The van der Waals surface area contributed by atoms with E-state index in [1.807, 2.05) is 41.0 Å². The lowest BCUT2D eigenvalue weighted by Gasteiger charge is -2.25. The number of benzene rings is 6. The number of anilines is 3. The molecule has 0 aliphatic rings. The van der Waals surface area contributed by atoms with Crippen LogP contribution >= 0.6 is 22.7 Å². The highest BCUT2D eigenvalue weighted by Crippen LogP contribution is 2.43. The Morgan fingerprint density at radius 3 is 1.82 bits per heavy atom. The number of fused-ring (bicyclic) bond motifs is 6. The molecule has 3 heterocycles. The van der Waals surface area contributed by atoms with Crippen LogP contribution in [0.3, 0.4) is 0 Å². The maximum atomic E-state index is 4.54. The Morgan fingerprint density at radius 1 is 0.378 bits per heavy atom. The first-order valence-electron chi connectivity index (χ1n) is 15.0. The van der Waals surface area contributed by atoms with E-state index < -0.39 is 0 Å². The third-order valence-electron chi connectivity index (χ3n) is 8.52. The first kappa shape index (κ1) is 26.1. The summed E-state index contributed by atoms with van der Waals surface area (Å²) in [6.45, 7) is 0. The molecule has 0 saturated heterocycles. The Morgan fingerprint density at radius 2 is 0.978 bits per heavy atom. The van der Waals surface area contributed by atoms with Crippen LogP contribution in [0.2, 0.25) is 0 Å². The summed E-state index contributed by atoms with van der Waals surface area (Å²) in [4.78, 5) is 6.88. The third kappa shape index (κ3) is 4.58. The number of rotatable bonds is 5. The number of para-hydroxylation sites is 1. The summed E-state index contributed by atoms with van der Waals surface area (Å²) in [5, 5.41) is 5.25. The normalized spacial score (nSPS) is 11.6. The molecule has 3 aromatic heterocycles. The minimum Gasteiger partial charge on any atom is -0.310 e. The first-order valence-corrected chi connectivity index (χ1v) is 16.7. The number of aromatic nitrogens is 1. The molecule has 0 atom stereocenters. The monoisotopic (exact) mass is 610 g/mol. The zero-order valence-corrected chi connectivity index (χ0v) is 25.9. The van der Waals surface area contributed by atoms with Gasteiger partial charge in [0.1, 0.15) is 0 Å². The molecule has 0 spiro atoms. The van der Waals surface area contributed by atoms with E-state index in [0.29, 0.717) is 0 Å². The van der Waals surface area contributed by atoms with Crippen LogP contribution in [0.25, 0.3) is 62.7 Å². The molecular weight excluding hydrogens is 585 g/mol. The molecule has 0 aliphatic heterocycles. The lowest BCUT2D eigenvalue weighted by Crippen LogP contribution is -2.09. The zero-order valence-electron chi connectivity index (χ0n) is 24.2. The number of hydrogen-bond acceptors (Lipinski definition) is 4. The van der Waals surface area contributed by atoms with E-state index in [2.05, 4.69) is 149 Å². The van der Waals surface area contributed by atoms with E-state index in [4.69, 9.17) is 0 Å². The summed E-state index contributed by atoms with van der Waals surface area (Å²) >= 11 is 3.73. The summed E-state index contributed by atoms with van der Waals surface area (Å²) in [6.07, 6.45) is 1.84. The highest BCUT2D eigenvalue weighted by atomic mass is 32.1. The van der Waals surface area contributed by atoms with Gasteiger partial charge in [-0.3, -0.25) is 4.98 Å². The van der Waals surface area contributed by atoms with Crippen LogP contribution in [0.5, 0.6) is 0 Å². The van der Waals surface area contributed by atoms with Crippen molar-refractivity contribution in [2.75, 3.05) is 4.90 Å². The highest BCUT2D eigenvalue weighted by Gasteiger charge is 2.16. The Labute approximate surface area is 269 Å². The van der Waals surface area contributed by atoms with Gasteiger partial charge in [0.2, 0.25) is 0 Å². The fourth-order valence-corrected chi connectivity index (χ4v) is 8.54. The van der Waals surface area contributed by atoms with Gasteiger partial charge in [0.05, 0.1) is 5.69 Å². The molecule has 0 amide bonds. The van der Waals surface area contributed by atoms with E-state index in [0.717, 1.165) is 28.3 Å². The molecule has 0 bridgehead atoms. The van der Waals surface area contributed by atoms with Gasteiger partial charge in [-0.25, -0.2) is 0 Å². The average Bonchev–Trinajstić information content (AvgIpc) is 3.67. The van der Waals surface area contributed by atoms with Crippen LogP contribution in [-0.4, -0.2) is 4.98 Å². The van der Waals surface area contributed by atoms with Gasteiger partial charge >= 0.3 is 0 Å². The number of hydrogen-bond donors (Lipinski definition) is 0. The lowest BCUT2D eigenvalue weighted by molar-refractivity contribution is 1.28. The van der Waals surface area contributed by atoms with Crippen LogP contribution in [-0.2, 0) is 0 Å². The Kier molecular flexibility index (Phi) is 6.22. The van der Waals surface area contributed by atoms with E-state index in [9.17, 15) is 0 Å². The predicted molar refractivity (Wildman–Crippen MR) is 196 cm³/mol. The van der Waals surface area contributed by atoms with E-state index in [-0.39, 0.29) is 0 Å². The summed E-state index contributed by atoms with van der Waals surface area (Å²) in [6, 6.07) is 54.7. The molecule has 2 nitrogen and oxygen atoms in total. The first-order chi connectivity index (χ1) is 22.3. The van der Waals surface area contributed by atoms with E-state index >= 15 is 0 Å². The van der Waals surface area contributed by atoms with Crippen molar-refractivity contribution >= 4 is 80.1 Å². The van der Waals surface area contributed by atoms with Crippen molar-refractivity contribution in [3.63, 3.8) is 0 Å². The smallest absolute Gasteiger partial charge is 0.0701 e. The maximum Gasteiger partial charge on any atom is 0.0701 e. The molecule has 0 N–H and O–H groups in total. The molecule has 45 heavy (non-hydrogen) atoms. The second-order valence-corrected chi connectivity index (χ2v) is 13.4. The van der Waals surface area contributed by atoms with Crippen LogP contribution in [0.1, 0.15) is 0 Å². The van der Waals surface area contributed by atoms with Crippen LogP contribution in [0, 0.1) is 0 Å². The Bertz CT molecular complexity index is 2480. The standard InChI is InChI=1S/C41H26N2S2/c1-2-8-30(9-3-1)43(31-17-13-27(14-18-31)37-11-6-7-23-42-37)32-19-22-40-36(26-32)35-24-28(16-21-39(35)44-40)29-15-20-34-33-10-4-5-12-38(33)45-41(34)25-29/h1-26H. The van der Waals surface area contributed by atoms with Crippen molar-refractivity contribution in [3.8, 4) is 22.4 Å². The number of pyridine rings is 1. The van der Waals surface area contributed by atoms with Crippen LogP contribution in [0.15, 0.2) is 158 Å². The van der Waals surface area contributed by atoms with E-state index in [1.54, 1.807) is 0 Å². The minimum absolute atomic E-state index is 0.976. The van der Waals surface area contributed by atoms with Crippen molar-refractivity contribution in [1.82, 2.24) is 4.98 Å². The summed E-state index contributed by atoms with van der Waals surface area (Å²) in [7, 11) is 0. The number of nitrogens with zero attached hydrogens (tertiary/aromatic N) is 2. The minimum atomic E-state index is 0.976. The van der Waals surface area contributed by atoms with Crippen molar-refractivity contribution in [2.45, 2.75) is 0 Å². The fraction of sp³-hybridized carbons (Fsp3) is 0. The topological polar surface area (TPSA) is 16.1 Å². The van der Waals surface area contributed by atoms with Crippen LogP contribution < -0.4 is 4.90 Å². The SMILES string of the molecule is c1ccc(N(c2ccc(-c3ccccn3)cc2)c2ccc3sc4ccc(-c5ccc6c(c5)sc5ccccc56)cc4c3c2)cc1. The van der Waals surface area contributed by atoms with Crippen molar-refractivity contribution < 1.29 is 0 Å². The summed E-state index contributed by atoms with van der Waals surface area (Å²) in [5.41, 5.74) is 7.95. The van der Waals surface area contributed by atoms with Crippen molar-refractivity contribution in [2.24, 2.45) is 0 Å². The molecule has 0 fully saturated rings. The highest BCUT2D eigenvalue weighted by molar-refractivity contribution is 7.26.